The average Bonchev–Trinajstić information content (AvgIpc) is 2.82. The summed E-state index contributed by atoms with van der Waals surface area (Å²) in [6.07, 6.45) is 3.25. The van der Waals surface area contributed by atoms with Crippen LogP contribution in [0.25, 0.3) is 11.0 Å². The largest absolute Gasteiger partial charge is 0.341 e. The summed E-state index contributed by atoms with van der Waals surface area (Å²) < 4.78 is 1.53. The minimum absolute atomic E-state index is 0.0287. The van der Waals surface area contributed by atoms with E-state index in [2.05, 4.69) is 10.3 Å². The number of hydrogen-bond acceptors (Lipinski definition) is 3. The summed E-state index contributed by atoms with van der Waals surface area (Å²) in [5.74, 6) is 0.0287. The predicted molar refractivity (Wildman–Crippen MR) is 83.7 cm³/mol. The highest BCUT2D eigenvalue weighted by Gasteiger charge is 2.40. The number of carbonyl (C=O) groups is 1. The number of carbonyl (C=O) groups excluding carboxylic acids is 1. The van der Waals surface area contributed by atoms with Gasteiger partial charge in [-0.1, -0.05) is 12.1 Å². The number of nitrogens with zero attached hydrogens (tertiary/aromatic N) is 2. The van der Waals surface area contributed by atoms with Gasteiger partial charge in [0.15, 0.2) is 0 Å². The molecule has 2 saturated heterocycles. The van der Waals surface area contributed by atoms with Gasteiger partial charge in [0.1, 0.15) is 6.54 Å². The molecule has 1 aromatic heterocycles. The third-order valence-electron chi connectivity index (χ3n) is 5.15. The Morgan fingerprint density at radius 2 is 1.91 bits per heavy atom. The van der Waals surface area contributed by atoms with Crippen molar-refractivity contribution in [2.24, 2.45) is 0 Å². The maximum absolute atomic E-state index is 12.5. The molecular weight excluding hydrogens is 280 g/mol. The van der Waals surface area contributed by atoms with Crippen molar-refractivity contribution >= 4 is 16.9 Å². The maximum atomic E-state index is 12.5. The van der Waals surface area contributed by atoms with Gasteiger partial charge in [0.25, 0.3) is 0 Å². The van der Waals surface area contributed by atoms with E-state index in [9.17, 15) is 9.59 Å². The number of aromatic amines is 1. The lowest BCUT2D eigenvalue weighted by atomic mass is 9.79. The number of amides is 1. The molecule has 4 rings (SSSR count). The highest BCUT2D eigenvalue weighted by Crippen LogP contribution is 2.31. The van der Waals surface area contributed by atoms with Crippen LogP contribution in [0.3, 0.4) is 0 Å². The molecular formula is C16H20N4O2. The number of likely N-dealkylation sites (tertiary alicyclic amines) is 1. The van der Waals surface area contributed by atoms with Gasteiger partial charge in [-0.3, -0.25) is 9.36 Å². The minimum Gasteiger partial charge on any atom is -0.341 e. The Bertz CT molecular complexity index is 762. The Balaban J connectivity index is 1.49. The van der Waals surface area contributed by atoms with Crippen molar-refractivity contribution in [3.05, 3.63) is 34.7 Å². The third kappa shape index (κ3) is 2.14. The highest BCUT2D eigenvalue weighted by atomic mass is 16.2. The van der Waals surface area contributed by atoms with Crippen molar-refractivity contribution in [1.82, 2.24) is 19.8 Å². The van der Waals surface area contributed by atoms with Crippen molar-refractivity contribution in [3.63, 3.8) is 0 Å². The van der Waals surface area contributed by atoms with Crippen LogP contribution < -0.4 is 11.0 Å². The second-order valence-corrected chi connectivity index (χ2v) is 6.37. The topological polar surface area (TPSA) is 70.1 Å². The molecule has 1 spiro atoms. The van der Waals surface area contributed by atoms with Crippen LogP contribution in [0.5, 0.6) is 0 Å². The van der Waals surface area contributed by atoms with Crippen LogP contribution in [0.15, 0.2) is 29.1 Å². The molecule has 116 valence electrons. The Kier molecular flexibility index (Phi) is 3.07. The number of H-pyrrole nitrogens is 1. The summed E-state index contributed by atoms with van der Waals surface area (Å²) in [5.41, 5.74) is 1.63. The zero-order chi connectivity index (χ0) is 15.2. The van der Waals surface area contributed by atoms with E-state index in [1.165, 1.54) is 11.0 Å². The van der Waals surface area contributed by atoms with Crippen molar-refractivity contribution in [2.75, 3.05) is 19.6 Å². The summed E-state index contributed by atoms with van der Waals surface area (Å²) in [6.45, 7) is 2.77. The number of rotatable bonds is 2. The van der Waals surface area contributed by atoms with Crippen molar-refractivity contribution in [3.8, 4) is 0 Å². The summed E-state index contributed by atoms with van der Waals surface area (Å²) in [4.78, 5) is 29.2. The Morgan fingerprint density at radius 3 is 2.59 bits per heavy atom. The monoisotopic (exact) mass is 300 g/mol. The zero-order valence-corrected chi connectivity index (χ0v) is 12.5. The van der Waals surface area contributed by atoms with Crippen LogP contribution >= 0.6 is 0 Å². The van der Waals surface area contributed by atoms with Crippen molar-refractivity contribution in [1.29, 1.82) is 0 Å². The van der Waals surface area contributed by atoms with E-state index in [0.717, 1.165) is 43.5 Å². The quantitative estimate of drug-likeness (QED) is 0.857. The second kappa shape index (κ2) is 4.98. The number of benzene rings is 1. The summed E-state index contributed by atoms with van der Waals surface area (Å²) in [5, 5.41) is 3.50. The molecule has 2 aliphatic heterocycles. The fraction of sp³-hybridized carbons (Fsp3) is 0.500. The van der Waals surface area contributed by atoms with E-state index in [4.69, 9.17) is 0 Å². The molecule has 0 unspecified atom stereocenters. The SMILES string of the molecule is O=C(Cn1c(=O)[nH]c2ccccc21)N1CCC2(CCN2)CC1. The third-order valence-corrected chi connectivity index (χ3v) is 5.15. The van der Waals surface area contributed by atoms with Crippen LogP contribution in [0.1, 0.15) is 19.3 Å². The van der Waals surface area contributed by atoms with Crippen LogP contribution in [0.2, 0.25) is 0 Å². The lowest BCUT2D eigenvalue weighted by Gasteiger charge is -2.48. The maximum Gasteiger partial charge on any atom is 0.326 e. The fourth-order valence-electron chi connectivity index (χ4n) is 3.59. The molecule has 2 aromatic rings. The second-order valence-electron chi connectivity index (χ2n) is 6.37. The van der Waals surface area contributed by atoms with Crippen molar-refractivity contribution < 1.29 is 4.79 Å². The van der Waals surface area contributed by atoms with E-state index in [1.807, 2.05) is 29.2 Å². The van der Waals surface area contributed by atoms with Gasteiger partial charge >= 0.3 is 5.69 Å². The van der Waals surface area contributed by atoms with Gasteiger partial charge in [-0.05, 0) is 37.9 Å². The molecule has 6 heteroatoms. The number of imidazole rings is 1. The van der Waals surface area contributed by atoms with Crippen molar-refractivity contribution in [2.45, 2.75) is 31.3 Å². The van der Waals surface area contributed by atoms with Crippen LogP contribution in [-0.4, -0.2) is 45.5 Å². The van der Waals surface area contributed by atoms with Crippen LogP contribution in [0, 0.1) is 0 Å². The van der Waals surface area contributed by atoms with Gasteiger partial charge in [-0.15, -0.1) is 0 Å². The Labute approximate surface area is 128 Å². The molecule has 2 fully saturated rings. The van der Waals surface area contributed by atoms with E-state index in [-0.39, 0.29) is 23.7 Å². The standard InChI is InChI=1S/C16H20N4O2/c21-14(19-9-6-16(7-10-19)5-8-17-16)11-20-13-4-2-1-3-12(13)18-15(20)22/h1-4,17H,5-11H2,(H,18,22). The first kappa shape index (κ1) is 13.6. The fourth-order valence-corrected chi connectivity index (χ4v) is 3.59. The van der Waals surface area contributed by atoms with Crippen LogP contribution in [0.4, 0.5) is 0 Å². The van der Waals surface area contributed by atoms with E-state index >= 15 is 0 Å². The molecule has 0 bridgehead atoms. The lowest BCUT2D eigenvalue weighted by Crippen LogP contribution is -2.62. The first-order valence-electron chi connectivity index (χ1n) is 7.87. The predicted octanol–water partition coefficient (Wildman–Crippen LogP) is 0.684. The molecule has 1 amide bonds. The number of hydrogen-bond donors (Lipinski definition) is 2. The molecule has 3 heterocycles. The van der Waals surface area contributed by atoms with Gasteiger partial charge in [0.05, 0.1) is 11.0 Å². The van der Waals surface area contributed by atoms with Gasteiger partial charge < -0.3 is 15.2 Å². The van der Waals surface area contributed by atoms with Crippen LogP contribution in [-0.2, 0) is 11.3 Å². The molecule has 0 radical (unpaired) electrons. The number of fused-ring (bicyclic) bond motifs is 1. The Morgan fingerprint density at radius 1 is 1.18 bits per heavy atom. The van der Waals surface area contributed by atoms with Gasteiger partial charge in [0, 0.05) is 18.6 Å². The number of piperidine rings is 1. The summed E-state index contributed by atoms with van der Waals surface area (Å²) in [6, 6.07) is 7.47. The molecule has 6 nitrogen and oxygen atoms in total. The molecule has 2 N–H and O–H groups in total. The number of nitrogens with one attached hydrogen (secondary N) is 2. The molecule has 2 aliphatic rings. The smallest absolute Gasteiger partial charge is 0.326 e. The first-order chi connectivity index (χ1) is 10.7. The lowest BCUT2D eigenvalue weighted by molar-refractivity contribution is -0.134. The average molecular weight is 300 g/mol. The van der Waals surface area contributed by atoms with Gasteiger partial charge in [-0.2, -0.15) is 0 Å². The van der Waals surface area contributed by atoms with Gasteiger partial charge in [0.2, 0.25) is 5.91 Å². The normalized spacial score (nSPS) is 20.3. The first-order valence-corrected chi connectivity index (χ1v) is 7.87. The molecule has 1 aromatic carbocycles. The molecule has 22 heavy (non-hydrogen) atoms. The molecule has 0 atom stereocenters. The van der Waals surface area contributed by atoms with E-state index in [0.29, 0.717) is 0 Å². The van der Waals surface area contributed by atoms with E-state index < -0.39 is 0 Å². The molecule has 0 saturated carbocycles. The number of aromatic nitrogens is 2. The van der Waals surface area contributed by atoms with Gasteiger partial charge in [-0.25, -0.2) is 4.79 Å². The Hall–Kier alpha value is -2.08. The molecule has 0 aliphatic carbocycles. The summed E-state index contributed by atoms with van der Waals surface area (Å²) in [7, 11) is 0. The van der Waals surface area contributed by atoms with E-state index in [1.54, 1.807) is 0 Å². The highest BCUT2D eigenvalue weighted by molar-refractivity contribution is 5.80. The summed E-state index contributed by atoms with van der Waals surface area (Å²) >= 11 is 0. The zero-order valence-electron chi connectivity index (χ0n) is 12.5. The minimum atomic E-state index is -0.219. The number of para-hydroxylation sites is 2.